The molecule has 0 saturated carbocycles. The summed E-state index contributed by atoms with van der Waals surface area (Å²) in [7, 11) is -2.46. The lowest BCUT2D eigenvalue weighted by Gasteiger charge is -2.20. The molecule has 0 radical (unpaired) electrons. The van der Waals surface area contributed by atoms with Gasteiger partial charge in [0.25, 0.3) is 0 Å². The number of nitrogens with zero attached hydrogens (tertiary/aromatic N) is 1. The number of aromatic amines is 1. The Balaban J connectivity index is 2.38. The molecule has 7 heteroatoms. The van der Waals surface area contributed by atoms with E-state index in [2.05, 4.69) is 4.98 Å². The molecule has 5 nitrogen and oxygen atoms in total. The summed E-state index contributed by atoms with van der Waals surface area (Å²) in [5.41, 5.74) is 0.779. The van der Waals surface area contributed by atoms with Gasteiger partial charge in [-0.05, 0) is 25.0 Å². The third kappa shape index (κ3) is 2.03. The molecule has 0 bridgehead atoms. The zero-order valence-corrected chi connectivity index (χ0v) is 11.4. The summed E-state index contributed by atoms with van der Waals surface area (Å²) in [6.45, 7) is 1.66. The summed E-state index contributed by atoms with van der Waals surface area (Å²) in [6.07, 6.45) is 2.08. The quantitative estimate of drug-likeness (QED) is 0.790. The second-order valence-electron chi connectivity index (χ2n) is 4.77. The Morgan fingerprint density at radius 2 is 1.95 bits per heavy atom. The summed E-state index contributed by atoms with van der Waals surface area (Å²) in [4.78, 5) is 4.60. The van der Waals surface area contributed by atoms with E-state index < -0.39 is 21.9 Å². The normalized spacial score (nSPS) is 14.9. The molecule has 2 aromatic rings. The molecule has 1 fully saturated rings. The Hall–Kier alpha value is -2.02. The molecule has 1 aliphatic rings. The molecule has 1 aliphatic heterocycles. The van der Waals surface area contributed by atoms with E-state index in [-0.39, 0.29) is 10.2 Å². The topological polar surface area (TPSA) is 73.4 Å². The summed E-state index contributed by atoms with van der Waals surface area (Å²) in [5, 5.41) is 10.4. The average molecular weight is 296 g/mol. The molecular weight excluding hydrogens is 283 g/mol. The van der Waals surface area contributed by atoms with E-state index in [0.29, 0.717) is 11.1 Å². The number of aromatic nitrogens is 1. The first-order valence-electron chi connectivity index (χ1n) is 6.29. The first kappa shape index (κ1) is 13.0. The summed E-state index contributed by atoms with van der Waals surface area (Å²) in [5.74, 6) is -1.32. The van der Waals surface area contributed by atoms with Crippen LogP contribution in [0.25, 0.3) is 10.9 Å². The SMILES string of the molecule is O=S(=O)=c1ccc2c(N3CCCC3)cc(F)c(O)c2[nH]1. The van der Waals surface area contributed by atoms with Gasteiger partial charge in [-0.3, -0.25) is 0 Å². The van der Waals surface area contributed by atoms with Gasteiger partial charge in [0.1, 0.15) is 0 Å². The zero-order chi connectivity index (χ0) is 14.3. The van der Waals surface area contributed by atoms with Crippen molar-refractivity contribution in [3.05, 3.63) is 28.7 Å². The molecule has 0 amide bonds. The summed E-state index contributed by atoms with van der Waals surface area (Å²) < 4.78 is 35.7. The molecule has 0 unspecified atom stereocenters. The van der Waals surface area contributed by atoms with Crippen LogP contribution in [-0.4, -0.2) is 31.6 Å². The first-order chi connectivity index (χ1) is 9.58. The van der Waals surface area contributed by atoms with Gasteiger partial charge in [0.05, 0.1) is 5.52 Å². The van der Waals surface area contributed by atoms with Crippen molar-refractivity contribution in [2.24, 2.45) is 0 Å². The van der Waals surface area contributed by atoms with Gasteiger partial charge < -0.3 is 15.0 Å². The monoisotopic (exact) mass is 296 g/mol. The Morgan fingerprint density at radius 1 is 1.25 bits per heavy atom. The van der Waals surface area contributed by atoms with Crippen LogP contribution in [0.4, 0.5) is 10.1 Å². The van der Waals surface area contributed by atoms with Gasteiger partial charge in [0.15, 0.2) is 16.2 Å². The number of anilines is 1. The smallest absolute Gasteiger partial charge is 0.238 e. The molecule has 2 heterocycles. The van der Waals surface area contributed by atoms with Crippen LogP contribution >= 0.6 is 0 Å². The molecule has 106 valence electrons. The molecule has 3 rings (SSSR count). The van der Waals surface area contributed by atoms with Crippen molar-refractivity contribution in [1.82, 2.24) is 4.98 Å². The van der Waals surface area contributed by atoms with E-state index in [4.69, 9.17) is 0 Å². The second kappa shape index (κ2) is 4.82. The molecule has 20 heavy (non-hydrogen) atoms. The highest BCUT2D eigenvalue weighted by Gasteiger charge is 2.19. The Morgan fingerprint density at radius 3 is 2.60 bits per heavy atom. The van der Waals surface area contributed by atoms with Crippen molar-refractivity contribution in [2.75, 3.05) is 18.0 Å². The van der Waals surface area contributed by atoms with Crippen LogP contribution in [0.1, 0.15) is 12.8 Å². The van der Waals surface area contributed by atoms with Crippen molar-refractivity contribution < 1.29 is 17.9 Å². The fourth-order valence-corrected chi connectivity index (χ4v) is 2.94. The number of fused-ring (bicyclic) bond motifs is 1. The predicted molar refractivity (Wildman–Crippen MR) is 73.5 cm³/mol. The largest absolute Gasteiger partial charge is 0.503 e. The van der Waals surface area contributed by atoms with Gasteiger partial charge in [-0.15, -0.1) is 0 Å². The highest BCUT2D eigenvalue weighted by Crippen LogP contribution is 2.35. The number of pyridine rings is 1. The molecule has 1 aromatic heterocycles. The van der Waals surface area contributed by atoms with E-state index in [1.54, 1.807) is 6.07 Å². The molecule has 1 aromatic carbocycles. The van der Waals surface area contributed by atoms with Crippen molar-refractivity contribution in [1.29, 1.82) is 0 Å². The Bertz CT molecular complexity index is 844. The third-order valence-corrected chi connectivity index (χ3v) is 4.14. The number of H-pyrrole nitrogens is 1. The van der Waals surface area contributed by atoms with Gasteiger partial charge in [-0.1, -0.05) is 0 Å². The molecule has 0 atom stereocenters. The number of phenols is 1. The fraction of sp³-hybridized carbons (Fsp3) is 0.308. The first-order valence-corrected chi connectivity index (χ1v) is 7.37. The van der Waals surface area contributed by atoms with Crippen LogP contribution in [0.5, 0.6) is 5.75 Å². The maximum absolute atomic E-state index is 13.8. The minimum atomic E-state index is -2.46. The lowest BCUT2D eigenvalue weighted by Crippen LogP contribution is -2.18. The Labute approximate surface area is 115 Å². The molecule has 1 saturated heterocycles. The van der Waals surface area contributed by atoms with E-state index in [1.165, 1.54) is 12.1 Å². The third-order valence-electron chi connectivity index (χ3n) is 3.55. The highest BCUT2D eigenvalue weighted by molar-refractivity contribution is 7.63. The minimum Gasteiger partial charge on any atom is -0.503 e. The van der Waals surface area contributed by atoms with Crippen LogP contribution in [0.15, 0.2) is 18.2 Å². The van der Waals surface area contributed by atoms with Gasteiger partial charge >= 0.3 is 0 Å². The van der Waals surface area contributed by atoms with E-state index in [9.17, 15) is 17.9 Å². The highest BCUT2D eigenvalue weighted by atomic mass is 32.2. The fourth-order valence-electron chi connectivity index (χ4n) is 2.58. The van der Waals surface area contributed by atoms with Crippen LogP contribution in [0.3, 0.4) is 0 Å². The predicted octanol–water partition coefficient (Wildman–Crippen LogP) is 2.02. The number of benzene rings is 1. The van der Waals surface area contributed by atoms with Crippen molar-refractivity contribution >= 4 is 26.9 Å². The zero-order valence-electron chi connectivity index (χ0n) is 10.6. The lowest BCUT2D eigenvalue weighted by molar-refractivity contribution is 0.437. The van der Waals surface area contributed by atoms with Crippen LogP contribution in [0, 0.1) is 10.5 Å². The van der Waals surface area contributed by atoms with Crippen LogP contribution < -0.4 is 4.90 Å². The molecule has 2 N–H and O–H groups in total. The maximum atomic E-state index is 13.8. The van der Waals surface area contributed by atoms with Crippen molar-refractivity contribution in [3.8, 4) is 5.75 Å². The van der Waals surface area contributed by atoms with Gasteiger partial charge in [-0.2, -0.15) is 8.42 Å². The average Bonchev–Trinajstić information content (AvgIpc) is 2.96. The van der Waals surface area contributed by atoms with E-state index in [1.807, 2.05) is 4.90 Å². The molecule has 0 spiro atoms. The van der Waals surface area contributed by atoms with E-state index >= 15 is 0 Å². The number of rotatable bonds is 1. The van der Waals surface area contributed by atoms with Crippen molar-refractivity contribution in [3.63, 3.8) is 0 Å². The van der Waals surface area contributed by atoms with Crippen LogP contribution in [0.2, 0.25) is 0 Å². The van der Waals surface area contributed by atoms with Gasteiger partial charge in [0, 0.05) is 30.2 Å². The number of nitrogens with one attached hydrogen (secondary N) is 1. The number of phenolic OH excluding ortho intramolecular Hbond substituents is 1. The number of hydrogen-bond acceptors (Lipinski definition) is 4. The van der Waals surface area contributed by atoms with Gasteiger partial charge in [-0.25, -0.2) is 4.39 Å². The molecule has 0 aliphatic carbocycles. The lowest BCUT2D eigenvalue weighted by atomic mass is 10.1. The summed E-state index contributed by atoms with van der Waals surface area (Å²) in [6, 6.07) is 4.29. The van der Waals surface area contributed by atoms with Gasteiger partial charge in [0.2, 0.25) is 10.3 Å². The van der Waals surface area contributed by atoms with Crippen molar-refractivity contribution in [2.45, 2.75) is 12.8 Å². The molecular formula is C13H13FN2O3S. The van der Waals surface area contributed by atoms with E-state index in [0.717, 1.165) is 25.9 Å². The number of aromatic hydroxyl groups is 1. The van der Waals surface area contributed by atoms with Crippen LogP contribution in [-0.2, 0) is 10.3 Å². The number of halogens is 1. The summed E-state index contributed by atoms with van der Waals surface area (Å²) >= 11 is 0. The maximum Gasteiger partial charge on any atom is 0.238 e. The second-order valence-corrected chi connectivity index (χ2v) is 5.68. The Kier molecular flexibility index (Phi) is 3.13. The minimum absolute atomic E-state index is 0.0919. The number of hydrogen-bond donors (Lipinski definition) is 2. The standard InChI is InChI=1S/C13H13FN2O3S/c14-9-7-10(16-5-1-2-6-16)8-3-4-11(20(18)19)15-12(8)13(9)17/h3-4,7,15,17H,1-2,5-6H2.